The molecule has 3 rings (SSSR count). The van der Waals surface area contributed by atoms with E-state index in [9.17, 15) is 9.59 Å². The van der Waals surface area contributed by atoms with E-state index < -0.39 is 0 Å². The van der Waals surface area contributed by atoms with Gasteiger partial charge in [-0.05, 0) is 30.2 Å². The smallest absolute Gasteiger partial charge is 0.314 e. The number of ether oxygens (including phenoxy) is 2. The molecule has 0 spiro atoms. The number of carbonyl (C=O) groups excluding carboxylic acids is 2. The Hall–Kier alpha value is -1.84. The maximum absolute atomic E-state index is 11.9. The van der Waals surface area contributed by atoms with Crippen LogP contribution >= 0.6 is 0 Å². The van der Waals surface area contributed by atoms with Gasteiger partial charge < -0.3 is 9.47 Å². The summed E-state index contributed by atoms with van der Waals surface area (Å²) in [5, 5.41) is 0. The average Bonchev–Trinajstić information content (AvgIpc) is 2.50. The predicted molar refractivity (Wildman–Crippen MR) is 85.4 cm³/mol. The normalized spacial score (nSPS) is 31.0. The molecule has 4 nitrogen and oxygen atoms in total. The maximum Gasteiger partial charge on any atom is 0.314 e. The van der Waals surface area contributed by atoms with Gasteiger partial charge in [-0.3, -0.25) is 9.59 Å². The third-order valence-corrected chi connectivity index (χ3v) is 4.93. The molecule has 2 aliphatic rings. The topological polar surface area (TPSA) is 52.6 Å². The maximum atomic E-state index is 11.9. The number of hydrogen-bond acceptors (Lipinski definition) is 4. The van der Waals surface area contributed by atoms with Crippen molar-refractivity contribution in [3.63, 3.8) is 0 Å². The van der Waals surface area contributed by atoms with Crippen LogP contribution < -0.4 is 0 Å². The van der Waals surface area contributed by atoms with E-state index in [1.54, 1.807) is 0 Å². The Labute approximate surface area is 137 Å². The molecule has 4 heteroatoms. The van der Waals surface area contributed by atoms with E-state index in [1.165, 1.54) is 0 Å². The molecule has 124 valence electrons. The Kier molecular flexibility index (Phi) is 4.42. The van der Waals surface area contributed by atoms with Crippen LogP contribution in [0.25, 0.3) is 0 Å². The molecule has 0 aromatic heterocycles. The van der Waals surface area contributed by atoms with E-state index in [0.717, 1.165) is 18.4 Å². The van der Waals surface area contributed by atoms with Gasteiger partial charge in [0.2, 0.25) is 0 Å². The summed E-state index contributed by atoms with van der Waals surface area (Å²) in [6.45, 7) is 6.28. The van der Waals surface area contributed by atoms with Gasteiger partial charge in [-0.1, -0.05) is 51.1 Å². The number of carbonyl (C=O) groups is 2. The third-order valence-electron chi connectivity index (χ3n) is 4.93. The van der Waals surface area contributed by atoms with Gasteiger partial charge in [-0.25, -0.2) is 0 Å². The average molecular weight is 316 g/mol. The first-order valence-electron chi connectivity index (χ1n) is 8.43. The lowest BCUT2D eigenvalue weighted by Crippen LogP contribution is -2.49. The molecule has 2 fully saturated rings. The first-order valence-corrected chi connectivity index (χ1v) is 8.43. The minimum atomic E-state index is -0.168. The fraction of sp³-hybridized carbons (Fsp3) is 0.579. The molecule has 2 aliphatic heterocycles. The summed E-state index contributed by atoms with van der Waals surface area (Å²) in [5.74, 6) is 0.217. The van der Waals surface area contributed by atoms with Crippen molar-refractivity contribution in [2.24, 2.45) is 23.7 Å². The van der Waals surface area contributed by atoms with Crippen molar-refractivity contribution in [1.82, 2.24) is 0 Å². The van der Waals surface area contributed by atoms with Crippen molar-refractivity contribution in [2.75, 3.05) is 0 Å². The molecule has 1 aromatic carbocycles. The van der Waals surface area contributed by atoms with Gasteiger partial charge in [0, 0.05) is 0 Å². The van der Waals surface area contributed by atoms with Gasteiger partial charge >= 0.3 is 11.9 Å². The van der Waals surface area contributed by atoms with Crippen molar-refractivity contribution in [1.29, 1.82) is 0 Å². The molecule has 0 aliphatic carbocycles. The minimum Gasteiger partial charge on any atom is -0.461 e. The molecule has 0 N–H and O–H groups in total. The molecular formula is C19H24O4. The molecule has 0 bridgehead atoms. The number of rotatable bonds is 6. The van der Waals surface area contributed by atoms with Gasteiger partial charge in [-0.2, -0.15) is 0 Å². The van der Waals surface area contributed by atoms with Crippen LogP contribution in [0.3, 0.4) is 0 Å². The van der Waals surface area contributed by atoms with Gasteiger partial charge in [0.25, 0.3) is 0 Å². The number of benzene rings is 1. The monoisotopic (exact) mass is 316 g/mol. The van der Waals surface area contributed by atoms with Crippen LogP contribution in [0.5, 0.6) is 0 Å². The number of esters is 2. The summed E-state index contributed by atoms with van der Waals surface area (Å²) >= 11 is 0. The van der Waals surface area contributed by atoms with Crippen molar-refractivity contribution in [2.45, 2.75) is 45.8 Å². The third kappa shape index (κ3) is 3.12. The van der Waals surface area contributed by atoms with E-state index in [1.807, 2.05) is 30.3 Å². The quantitative estimate of drug-likeness (QED) is 0.754. The van der Waals surface area contributed by atoms with Crippen LogP contribution in [0.4, 0.5) is 0 Å². The second-order valence-corrected chi connectivity index (χ2v) is 7.22. The Morgan fingerprint density at radius 3 is 2.22 bits per heavy atom. The van der Waals surface area contributed by atoms with Crippen LogP contribution in [0.15, 0.2) is 30.3 Å². The second-order valence-electron chi connectivity index (χ2n) is 7.22. The van der Waals surface area contributed by atoms with E-state index in [2.05, 4.69) is 20.8 Å². The largest absolute Gasteiger partial charge is 0.461 e. The van der Waals surface area contributed by atoms with Gasteiger partial charge in [0.05, 0.1) is 5.92 Å². The van der Waals surface area contributed by atoms with Gasteiger partial charge in [-0.15, -0.1) is 0 Å². The summed E-state index contributed by atoms with van der Waals surface area (Å²) in [5.41, 5.74) is 1.04. The fourth-order valence-electron chi connectivity index (χ4n) is 3.66. The lowest BCUT2D eigenvalue weighted by molar-refractivity contribution is -0.199. The van der Waals surface area contributed by atoms with Crippen LogP contribution in [-0.4, -0.2) is 18.0 Å². The Balaban J connectivity index is 1.62. The zero-order valence-corrected chi connectivity index (χ0v) is 13.9. The number of cyclic esters (lactones) is 2. The first kappa shape index (κ1) is 16.0. The predicted octanol–water partition coefficient (Wildman–Crippen LogP) is 3.51. The number of hydrogen-bond donors (Lipinski definition) is 0. The first-order chi connectivity index (χ1) is 11.0. The standard InChI is InChI=1S/C19H24O4/c1-11(2)9-14-15(22-18(14)20)10-12(3)16-17(23-19(16)21)13-7-5-4-6-8-13/h4-8,11-12,14-17H,9-10H2,1-3H3/t12?,14-,15+,16-,17+/m0/s1. The summed E-state index contributed by atoms with van der Waals surface area (Å²) in [7, 11) is 0. The molecule has 2 heterocycles. The molecule has 0 amide bonds. The molecular weight excluding hydrogens is 292 g/mol. The zero-order valence-electron chi connectivity index (χ0n) is 13.9. The fourth-order valence-corrected chi connectivity index (χ4v) is 3.66. The molecule has 2 saturated heterocycles. The van der Waals surface area contributed by atoms with E-state index >= 15 is 0 Å². The van der Waals surface area contributed by atoms with Crippen molar-refractivity contribution in [3.05, 3.63) is 35.9 Å². The van der Waals surface area contributed by atoms with Gasteiger partial charge in [0.1, 0.15) is 18.1 Å². The molecule has 0 radical (unpaired) electrons. The van der Waals surface area contributed by atoms with Crippen LogP contribution in [0.2, 0.25) is 0 Å². The lowest BCUT2D eigenvalue weighted by atomic mass is 9.75. The highest BCUT2D eigenvalue weighted by atomic mass is 16.6. The van der Waals surface area contributed by atoms with E-state index in [-0.39, 0.29) is 41.9 Å². The van der Waals surface area contributed by atoms with Crippen LogP contribution in [-0.2, 0) is 19.1 Å². The Morgan fingerprint density at radius 2 is 1.65 bits per heavy atom. The summed E-state index contributed by atoms with van der Waals surface area (Å²) < 4.78 is 10.7. The second kappa shape index (κ2) is 6.34. The summed E-state index contributed by atoms with van der Waals surface area (Å²) in [6, 6.07) is 9.83. The van der Waals surface area contributed by atoms with E-state index in [4.69, 9.17) is 9.47 Å². The minimum absolute atomic E-state index is 0.0104. The van der Waals surface area contributed by atoms with Crippen LogP contribution in [0.1, 0.15) is 45.3 Å². The molecule has 1 unspecified atom stereocenters. The Morgan fingerprint density at radius 1 is 0.957 bits per heavy atom. The van der Waals surface area contributed by atoms with Crippen molar-refractivity contribution in [3.8, 4) is 0 Å². The van der Waals surface area contributed by atoms with Gasteiger partial charge in [0.15, 0.2) is 0 Å². The zero-order chi connectivity index (χ0) is 16.6. The van der Waals surface area contributed by atoms with E-state index in [0.29, 0.717) is 5.92 Å². The molecule has 23 heavy (non-hydrogen) atoms. The summed E-state index contributed by atoms with van der Waals surface area (Å²) in [6.07, 6.45) is 1.36. The highest BCUT2D eigenvalue weighted by Gasteiger charge is 2.50. The van der Waals surface area contributed by atoms with Crippen molar-refractivity contribution < 1.29 is 19.1 Å². The lowest BCUT2D eigenvalue weighted by Gasteiger charge is -2.43. The SMILES string of the molecule is CC(C)C[C@@H]1C(=O)O[C@@H]1CC(C)[C@@H]1C(=O)O[C@@H]1c1ccccc1. The summed E-state index contributed by atoms with van der Waals surface area (Å²) in [4.78, 5) is 23.6. The molecule has 1 aromatic rings. The highest BCUT2D eigenvalue weighted by molar-refractivity contribution is 5.80. The molecule has 0 saturated carbocycles. The Bertz CT molecular complexity index is 580. The molecule has 5 atom stereocenters. The van der Waals surface area contributed by atoms with Crippen LogP contribution in [0, 0.1) is 23.7 Å². The highest BCUT2D eigenvalue weighted by Crippen LogP contribution is 2.44. The van der Waals surface area contributed by atoms with Crippen molar-refractivity contribution >= 4 is 11.9 Å².